The van der Waals surface area contributed by atoms with Crippen molar-refractivity contribution in [3.63, 3.8) is 0 Å². The van der Waals surface area contributed by atoms with Crippen LogP contribution in [0.2, 0.25) is 0 Å². The number of aliphatic imine (C=N–C) groups is 1. The quantitative estimate of drug-likeness (QED) is 0.553. The highest BCUT2D eigenvalue weighted by Gasteiger charge is 2.32. The van der Waals surface area contributed by atoms with Crippen LogP contribution >= 0.6 is 0 Å². The Morgan fingerprint density at radius 2 is 1.62 bits per heavy atom. The molecule has 0 radical (unpaired) electrons. The third-order valence-electron chi connectivity index (χ3n) is 6.10. The monoisotopic (exact) mass is 472 g/mol. The van der Waals surface area contributed by atoms with Crippen LogP contribution in [0.25, 0.3) is 0 Å². The third kappa shape index (κ3) is 3.94. The normalized spacial score (nSPS) is 15.9. The molecule has 0 N–H and O–H groups in total. The third-order valence-corrected chi connectivity index (χ3v) is 8.06. The molecule has 34 heavy (non-hydrogen) atoms. The summed E-state index contributed by atoms with van der Waals surface area (Å²) in [6.07, 6.45) is 0. The molecule has 2 heterocycles. The molecule has 0 amide bonds. The SMILES string of the molecule is Cc1ccc2c(c1)Oc1ccc(C)cc1C(N1CCN(S(=O)(=O)c3ccccc3C#N)CC1)=N2. The van der Waals surface area contributed by atoms with Crippen LogP contribution < -0.4 is 4.74 Å². The lowest BCUT2D eigenvalue weighted by molar-refractivity contribution is 0.266. The molecule has 0 saturated carbocycles. The molecular weight excluding hydrogens is 448 g/mol. The van der Waals surface area contributed by atoms with Gasteiger partial charge in [-0.05, 0) is 55.8 Å². The minimum absolute atomic E-state index is 0.0522. The van der Waals surface area contributed by atoms with Crippen molar-refractivity contribution in [3.05, 3.63) is 82.9 Å². The highest BCUT2D eigenvalue weighted by atomic mass is 32.2. The first-order valence-electron chi connectivity index (χ1n) is 11.1. The van der Waals surface area contributed by atoms with Gasteiger partial charge in [-0.15, -0.1) is 0 Å². The van der Waals surface area contributed by atoms with Crippen LogP contribution in [-0.4, -0.2) is 49.6 Å². The van der Waals surface area contributed by atoms with Crippen LogP contribution in [0.4, 0.5) is 5.69 Å². The van der Waals surface area contributed by atoms with Crippen LogP contribution in [0, 0.1) is 25.2 Å². The highest BCUT2D eigenvalue weighted by Crippen LogP contribution is 2.39. The van der Waals surface area contributed by atoms with Crippen molar-refractivity contribution in [1.29, 1.82) is 5.26 Å². The van der Waals surface area contributed by atoms with Gasteiger partial charge < -0.3 is 9.64 Å². The van der Waals surface area contributed by atoms with Crippen molar-refractivity contribution in [2.75, 3.05) is 26.2 Å². The molecule has 0 bridgehead atoms. The van der Waals surface area contributed by atoms with Crippen LogP contribution in [-0.2, 0) is 10.0 Å². The summed E-state index contributed by atoms with van der Waals surface area (Å²) >= 11 is 0. The number of ether oxygens (including phenoxy) is 1. The predicted molar refractivity (Wildman–Crippen MR) is 130 cm³/mol. The zero-order valence-electron chi connectivity index (χ0n) is 19.0. The van der Waals surface area contributed by atoms with Gasteiger partial charge in [0.25, 0.3) is 0 Å². The summed E-state index contributed by atoms with van der Waals surface area (Å²) < 4.78 is 34.2. The maximum Gasteiger partial charge on any atom is 0.244 e. The number of aryl methyl sites for hydroxylation is 2. The summed E-state index contributed by atoms with van der Waals surface area (Å²) in [6, 6.07) is 20.3. The minimum atomic E-state index is -3.77. The van der Waals surface area contributed by atoms with Crippen LogP contribution in [0.15, 0.2) is 70.6 Å². The average Bonchev–Trinajstić information content (AvgIpc) is 3.00. The number of nitrogens with zero attached hydrogens (tertiary/aromatic N) is 4. The number of hydrogen-bond acceptors (Lipinski definition) is 6. The van der Waals surface area contributed by atoms with E-state index in [1.807, 2.05) is 50.2 Å². The molecule has 0 aromatic heterocycles. The Morgan fingerprint density at radius 1 is 0.912 bits per heavy atom. The first-order chi connectivity index (χ1) is 16.4. The van der Waals surface area contributed by atoms with Gasteiger partial charge in [0, 0.05) is 26.2 Å². The van der Waals surface area contributed by atoms with E-state index in [1.54, 1.807) is 12.1 Å². The second kappa shape index (κ2) is 8.60. The molecule has 0 spiro atoms. The molecule has 2 aliphatic heterocycles. The van der Waals surface area contributed by atoms with Gasteiger partial charge in [-0.2, -0.15) is 9.57 Å². The Labute approximate surface area is 199 Å². The van der Waals surface area contributed by atoms with Gasteiger partial charge in [0.15, 0.2) is 5.75 Å². The van der Waals surface area contributed by atoms with E-state index in [4.69, 9.17) is 9.73 Å². The fourth-order valence-electron chi connectivity index (χ4n) is 4.30. The number of amidine groups is 1. The van der Waals surface area contributed by atoms with E-state index in [0.29, 0.717) is 31.9 Å². The van der Waals surface area contributed by atoms with Crippen molar-refractivity contribution in [2.45, 2.75) is 18.7 Å². The molecule has 172 valence electrons. The van der Waals surface area contributed by atoms with E-state index in [0.717, 1.165) is 34.0 Å². The van der Waals surface area contributed by atoms with Crippen molar-refractivity contribution < 1.29 is 13.2 Å². The lowest BCUT2D eigenvalue weighted by Crippen LogP contribution is -2.50. The van der Waals surface area contributed by atoms with Crippen molar-refractivity contribution >= 4 is 21.5 Å². The van der Waals surface area contributed by atoms with Gasteiger partial charge in [0.2, 0.25) is 10.0 Å². The molecule has 3 aromatic rings. The Hall–Kier alpha value is -3.67. The molecule has 0 unspecified atom stereocenters. The summed E-state index contributed by atoms with van der Waals surface area (Å²) in [4.78, 5) is 7.13. The molecular formula is C26H24N4O3S. The highest BCUT2D eigenvalue weighted by molar-refractivity contribution is 7.89. The fraction of sp³-hybridized carbons (Fsp3) is 0.231. The van der Waals surface area contributed by atoms with Crippen LogP contribution in [0.1, 0.15) is 22.3 Å². The number of fused-ring (bicyclic) bond motifs is 2. The molecule has 3 aromatic carbocycles. The average molecular weight is 473 g/mol. The van der Waals surface area contributed by atoms with E-state index in [1.165, 1.54) is 16.4 Å². The van der Waals surface area contributed by atoms with Gasteiger partial charge in [-0.25, -0.2) is 13.4 Å². The smallest absolute Gasteiger partial charge is 0.244 e. The fourth-order valence-corrected chi connectivity index (χ4v) is 5.86. The van der Waals surface area contributed by atoms with E-state index >= 15 is 0 Å². The number of nitriles is 1. The van der Waals surface area contributed by atoms with Gasteiger partial charge in [-0.3, -0.25) is 0 Å². The maximum absolute atomic E-state index is 13.2. The van der Waals surface area contributed by atoms with Gasteiger partial charge >= 0.3 is 0 Å². The van der Waals surface area contributed by atoms with Gasteiger partial charge in [0.1, 0.15) is 23.3 Å². The summed E-state index contributed by atoms with van der Waals surface area (Å²) in [5.74, 6) is 2.21. The van der Waals surface area contributed by atoms with Crippen LogP contribution in [0.3, 0.4) is 0 Å². The number of benzene rings is 3. The number of piperazine rings is 1. The zero-order valence-corrected chi connectivity index (χ0v) is 19.8. The Morgan fingerprint density at radius 3 is 2.38 bits per heavy atom. The molecule has 2 aliphatic rings. The van der Waals surface area contributed by atoms with Gasteiger partial charge in [0.05, 0.1) is 16.0 Å². The first kappa shape index (κ1) is 22.1. The standard InChI is InChI=1S/C26H24N4O3S/c1-18-8-10-23-21(15-18)26(28-22-9-7-19(2)16-24(22)33-23)29-11-13-30(14-12-29)34(31,32)25-6-4-3-5-20(25)17-27/h3-10,15-16H,11-14H2,1-2H3. The van der Waals surface area contributed by atoms with E-state index in [-0.39, 0.29) is 10.5 Å². The maximum atomic E-state index is 13.2. The second-order valence-electron chi connectivity index (χ2n) is 8.51. The Kier molecular flexibility index (Phi) is 5.60. The minimum Gasteiger partial charge on any atom is -0.454 e. The summed E-state index contributed by atoms with van der Waals surface area (Å²) in [5.41, 5.74) is 3.97. The molecule has 1 fully saturated rings. The van der Waals surface area contributed by atoms with Crippen LogP contribution in [0.5, 0.6) is 11.5 Å². The van der Waals surface area contributed by atoms with Crippen molar-refractivity contribution in [3.8, 4) is 17.6 Å². The predicted octanol–water partition coefficient (Wildman–Crippen LogP) is 4.37. The molecule has 0 aliphatic carbocycles. The van der Waals surface area contributed by atoms with E-state index < -0.39 is 10.0 Å². The Bertz CT molecular complexity index is 1450. The lowest BCUT2D eigenvalue weighted by atomic mass is 10.1. The topological polar surface area (TPSA) is 86.0 Å². The first-order valence-corrected chi connectivity index (χ1v) is 12.5. The molecule has 5 rings (SSSR count). The van der Waals surface area contributed by atoms with Crippen molar-refractivity contribution in [2.24, 2.45) is 4.99 Å². The van der Waals surface area contributed by atoms with Crippen molar-refractivity contribution in [1.82, 2.24) is 9.21 Å². The number of rotatable bonds is 2. The molecule has 0 atom stereocenters. The molecule has 7 nitrogen and oxygen atoms in total. The zero-order chi connectivity index (χ0) is 23.9. The van der Waals surface area contributed by atoms with E-state index in [9.17, 15) is 13.7 Å². The Balaban J connectivity index is 1.47. The van der Waals surface area contributed by atoms with E-state index in [2.05, 4.69) is 11.0 Å². The second-order valence-corrected chi connectivity index (χ2v) is 10.4. The number of hydrogen-bond donors (Lipinski definition) is 0. The lowest BCUT2D eigenvalue weighted by Gasteiger charge is -2.36. The summed E-state index contributed by atoms with van der Waals surface area (Å²) in [5, 5.41) is 9.36. The van der Waals surface area contributed by atoms with Gasteiger partial charge in [-0.1, -0.05) is 29.8 Å². The number of sulfonamides is 1. The molecule has 1 saturated heterocycles. The largest absolute Gasteiger partial charge is 0.454 e. The summed E-state index contributed by atoms with van der Waals surface area (Å²) in [6.45, 7) is 5.58. The summed E-state index contributed by atoms with van der Waals surface area (Å²) in [7, 11) is -3.77. The molecule has 8 heteroatoms.